The maximum absolute atomic E-state index is 10.9. The summed E-state index contributed by atoms with van der Waals surface area (Å²) >= 11 is 0. The van der Waals surface area contributed by atoms with Crippen molar-refractivity contribution in [1.29, 1.82) is 0 Å². The molecule has 56 valence electrons. The van der Waals surface area contributed by atoms with E-state index >= 15 is 0 Å². The molecule has 0 fully saturated rings. The molecule has 0 saturated carbocycles. The molecule has 0 radical (unpaired) electrons. The monoisotopic (exact) mass is 141 g/mol. The summed E-state index contributed by atoms with van der Waals surface area (Å²) in [6.07, 6.45) is 1.52. The van der Waals surface area contributed by atoms with Gasteiger partial charge in [-0.05, 0) is 6.92 Å². The normalized spacial score (nSPS) is 25.1. The average molecular weight is 141 g/mol. The largest absolute Gasteiger partial charge is 0.499 e. The summed E-state index contributed by atoms with van der Waals surface area (Å²) in [5.74, 6) is 0.761. The minimum atomic E-state index is 0.0179. The molecule has 0 bridgehead atoms. The summed E-state index contributed by atoms with van der Waals surface area (Å²) in [6, 6.07) is 0.0949. The molecule has 0 N–H and O–H groups in total. The van der Waals surface area contributed by atoms with Crippen LogP contribution in [0, 0.1) is 0 Å². The van der Waals surface area contributed by atoms with Crippen molar-refractivity contribution in [3.05, 3.63) is 11.8 Å². The minimum absolute atomic E-state index is 0.0179. The van der Waals surface area contributed by atoms with Gasteiger partial charge in [0, 0.05) is 13.1 Å². The van der Waals surface area contributed by atoms with Gasteiger partial charge in [0.15, 0.2) is 0 Å². The molecule has 3 nitrogen and oxygen atoms in total. The first kappa shape index (κ1) is 7.12. The van der Waals surface area contributed by atoms with Crippen LogP contribution in [-0.2, 0) is 9.53 Å². The maximum atomic E-state index is 10.9. The highest BCUT2D eigenvalue weighted by atomic mass is 16.5. The average Bonchev–Trinajstić information content (AvgIpc) is 2.17. The first-order valence-corrected chi connectivity index (χ1v) is 3.19. The van der Waals surface area contributed by atoms with Crippen molar-refractivity contribution in [3.8, 4) is 0 Å². The van der Waals surface area contributed by atoms with Crippen LogP contribution in [0.4, 0.5) is 0 Å². The molecule has 0 aromatic carbocycles. The number of methoxy groups -OCH3 is 1. The Bertz CT molecular complexity index is 186. The molecule has 0 spiro atoms. The number of ether oxygens (including phenoxy) is 1. The Hall–Kier alpha value is -0.990. The van der Waals surface area contributed by atoms with Crippen molar-refractivity contribution in [2.45, 2.75) is 13.0 Å². The topological polar surface area (TPSA) is 29.5 Å². The van der Waals surface area contributed by atoms with E-state index < -0.39 is 0 Å². The fourth-order valence-electron chi connectivity index (χ4n) is 0.955. The van der Waals surface area contributed by atoms with E-state index in [1.807, 2.05) is 6.92 Å². The fraction of sp³-hybridized carbons (Fsp3) is 0.571. The van der Waals surface area contributed by atoms with Gasteiger partial charge in [0.1, 0.15) is 5.76 Å². The first-order valence-electron chi connectivity index (χ1n) is 3.19. The van der Waals surface area contributed by atoms with Crippen LogP contribution in [0.15, 0.2) is 11.8 Å². The Morgan fingerprint density at radius 2 is 2.30 bits per heavy atom. The summed E-state index contributed by atoms with van der Waals surface area (Å²) in [5.41, 5.74) is 0. The summed E-state index contributed by atoms with van der Waals surface area (Å²) in [5, 5.41) is 0. The van der Waals surface area contributed by atoms with E-state index in [0.717, 1.165) is 5.76 Å². The highest BCUT2D eigenvalue weighted by Crippen LogP contribution is 2.16. The lowest BCUT2D eigenvalue weighted by atomic mass is 10.3. The fourth-order valence-corrected chi connectivity index (χ4v) is 0.955. The number of hydrogen-bond donors (Lipinski definition) is 0. The third-order valence-corrected chi connectivity index (χ3v) is 1.84. The molecule has 1 atom stereocenters. The molecule has 1 heterocycles. The molecule has 0 aromatic heterocycles. The molecule has 3 heteroatoms. The van der Waals surface area contributed by atoms with Crippen LogP contribution in [0.1, 0.15) is 6.92 Å². The number of amides is 1. The molecule has 0 aliphatic carbocycles. The van der Waals surface area contributed by atoms with Crippen LogP contribution in [-0.4, -0.2) is 31.0 Å². The summed E-state index contributed by atoms with van der Waals surface area (Å²) in [7, 11) is 3.34. The summed E-state index contributed by atoms with van der Waals surface area (Å²) in [4.78, 5) is 12.6. The molecular formula is C7H11NO2. The van der Waals surface area contributed by atoms with Crippen molar-refractivity contribution in [2.75, 3.05) is 14.2 Å². The van der Waals surface area contributed by atoms with Gasteiger partial charge >= 0.3 is 0 Å². The third-order valence-electron chi connectivity index (χ3n) is 1.84. The van der Waals surface area contributed by atoms with Crippen molar-refractivity contribution < 1.29 is 9.53 Å². The van der Waals surface area contributed by atoms with Crippen molar-refractivity contribution in [1.82, 2.24) is 4.90 Å². The number of rotatable bonds is 1. The minimum Gasteiger partial charge on any atom is -0.499 e. The number of hydrogen-bond acceptors (Lipinski definition) is 2. The molecular weight excluding hydrogens is 130 g/mol. The van der Waals surface area contributed by atoms with Crippen molar-refractivity contribution >= 4 is 5.91 Å². The highest BCUT2D eigenvalue weighted by molar-refractivity contribution is 5.91. The number of carbonyl (C=O) groups is 1. The van der Waals surface area contributed by atoms with E-state index in [9.17, 15) is 4.79 Å². The smallest absolute Gasteiger partial charge is 0.250 e. The van der Waals surface area contributed by atoms with Crippen LogP contribution in [0.5, 0.6) is 0 Å². The first-order chi connectivity index (χ1) is 4.66. The molecule has 1 aliphatic heterocycles. The van der Waals surface area contributed by atoms with Gasteiger partial charge in [-0.1, -0.05) is 0 Å². The van der Waals surface area contributed by atoms with Gasteiger partial charge in [-0.2, -0.15) is 0 Å². The molecule has 1 unspecified atom stereocenters. The predicted octanol–water partition coefficient (Wildman–Crippen LogP) is 0.377. The molecule has 1 aliphatic rings. The lowest BCUT2D eigenvalue weighted by molar-refractivity contribution is -0.124. The maximum Gasteiger partial charge on any atom is 0.250 e. The second-order valence-corrected chi connectivity index (χ2v) is 2.38. The van der Waals surface area contributed by atoms with Gasteiger partial charge in [0.05, 0.1) is 13.2 Å². The van der Waals surface area contributed by atoms with Gasteiger partial charge in [0.2, 0.25) is 5.91 Å². The van der Waals surface area contributed by atoms with Crippen LogP contribution in [0.2, 0.25) is 0 Å². The Kier molecular flexibility index (Phi) is 1.66. The number of nitrogens with zero attached hydrogens (tertiary/aromatic N) is 1. The zero-order chi connectivity index (χ0) is 7.72. The summed E-state index contributed by atoms with van der Waals surface area (Å²) < 4.78 is 4.96. The van der Waals surface area contributed by atoms with Gasteiger partial charge in [-0.15, -0.1) is 0 Å². The second-order valence-electron chi connectivity index (χ2n) is 2.38. The second kappa shape index (κ2) is 2.33. The molecule has 0 saturated heterocycles. The molecule has 10 heavy (non-hydrogen) atoms. The Balaban J connectivity index is 2.78. The van der Waals surface area contributed by atoms with Crippen molar-refractivity contribution in [2.24, 2.45) is 0 Å². The van der Waals surface area contributed by atoms with Gasteiger partial charge in [-0.25, -0.2) is 0 Å². The summed E-state index contributed by atoms with van der Waals surface area (Å²) in [6.45, 7) is 1.93. The SMILES string of the molecule is COC1=CC(=O)N(C)C1C. The molecule has 1 amide bonds. The van der Waals surface area contributed by atoms with Crippen LogP contribution >= 0.6 is 0 Å². The number of likely N-dealkylation sites (N-methyl/N-ethyl adjacent to an activating group) is 1. The number of carbonyl (C=O) groups excluding carboxylic acids is 1. The van der Waals surface area contributed by atoms with E-state index in [2.05, 4.69) is 0 Å². The van der Waals surface area contributed by atoms with E-state index in [0.29, 0.717) is 0 Å². The molecule has 0 aromatic rings. The van der Waals surface area contributed by atoms with E-state index in [-0.39, 0.29) is 11.9 Å². The lowest BCUT2D eigenvalue weighted by Crippen LogP contribution is -2.28. The Labute approximate surface area is 60.3 Å². The van der Waals surface area contributed by atoms with E-state index in [4.69, 9.17) is 4.74 Å². The van der Waals surface area contributed by atoms with Gasteiger partial charge in [-0.3, -0.25) is 4.79 Å². The lowest BCUT2D eigenvalue weighted by Gasteiger charge is -2.16. The Morgan fingerprint density at radius 3 is 2.50 bits per heavy atom. The molecule has 1 rings (SSSR count). The predicted molar refractivity (Wildman–Crippen MR) is 37.3 cm³/mol. The zero-order valence-corrected chi connectivity index (χ0v) is 6.42. The van der Waals surface area contributed by atoms with Crippen LogP contribution in [0.3, 0.4) is 0 Å². The quantitative estimate of drug-likeness (QED) is 0.528. The van der Waals surface area contributed by atoms with Gasteiger partial charge in [0.25, 0.3) is 0 Å². The van der Waals surface area contributed by atoms with Gasteiger partial charge < -0.3 is 9.64 Å². The zero-order valence-electron chi connectivity index (χ0n) is 6.42. The van der Waals surface area contributed by atoms with Crippen LogP contribution < -0.4 is 0 Å². The van der Waals surface area contributed by atoms with E-state index in [1.54, 1.807) is 19.1 Å². The highest BCUT2D eigenvalue weighted by Gasteiger charge is 2.26. The third kappa shape index (κ3) is 0.875. The standard InChI is InChI=1S/C7H11NO2/c1-5-6(10-3)4-7(9)8(5)2/h4-5H,1-3H3. The Morgan fingerprint density at radius 1 is 1.70 bits per heavy atom. The van der Waals surface area contributed by atoms with E-state index in [1.165, 1.54) is 6.08 Å². The van der Waals surface area contributed by atoms with Crippen LogP contribution in [0.25, 0.3) is 0 Å². The van der Waals surface area contributed by atoms with Crippen molar-refractivity contribution in [3.63, 3.8) is 0 Å².